The first-order valence-corrected chi connectivity index (χ1v) is 7.16. The molecule has 0 aliphatic rings. The largest absolute Gasteiger partial charge is 0.243 e. The first kappa shape index (κ1) is 14.9. The summed E-state index contributed by atoms with van der Waals surface area (Å²) in [5.74, 6) is 0.729. The molecule has 2 aromatic rings. The van der Waals surface area contributed by atoms with E-state index in [0.717, 1.165) is 35.7 Å². The van der Waals surface area contributed by atoms with Gasteiger partial charge >= 0.3 is 0 Å². The van der Waals surface area contributed by atoms with Crippen LogP contribution < -0.4 is 0 Å². The summed E-state index contributed by atoms with van der Waals surface area (Å²) in [5, 5.41) is 8.59. The summed E-state index contributed by atoms with van der Waals surface area (Å²) in [7, 11) is 0. The zero-order valence-corrected chi connectivity index (χ0v) is 13.4. The van der Waals surface area contributed by atoms with Crippen molar-refractivity contribution in [2.75, 3.05) is 0 Å². The molecule has 6 heteroatoms. The van der Waals surface area contributed by atoms with Crippen LogP contribution in [0.25, 0.3) is 11.4 Å². The normalized spacial score (nSPS) is 11.9. The fraction of sp³-hybridized carbons (Fsp3) is 0.571. The molecular formula is C14H20ClN5. The van der Waals surface area contributed by atoms with Crippen LogP contribution in [0.4, 0.5) is 0 Å². The zero-order chi connectivity index (χ0) is 14.9. The predicted molar refractivity (Wildman–Crippen MR) is 79.8 cm³/mol. The minimum atomic E-state index is -0.158. The van der Waals surface area contributed by atoms with E-state index in [1.54, 1.807) is 6.20 Å². The maximum Gasteiger partial charge on any atom is 0.136 e. The molecule has 0 amide bonds. The highest BCUT2D eigenvalue weighted by molar-refractivity contribution is 6.30. The monoisotopic (exact) mass is 293 g/mol. The fourth-order valence-corrected chi connectivity index (χ4v) is 2.06. The Kier molecular flexibility index (Phi) is 4.09. The van der Waals surface area contributed by atoms with Gasteiger partial charge < -0.3 is 0 Å². The molecule has 0 aromatic carbocycles. The summed E-state index contributed by atoms with van der Waals surface area (Å²) >= 11 is 6.27. The van der Waals surface area contributed by atoms with Gasteiger partial charge in [0.25, 0.3) is 0 Å². The highest BCUT2D eigenvalue weighted by atomic mass is 35.5. The molecule has 5 nitrogen and oxygen atoms in total. The molecule has 0 aliphatic carbocycles. The van der Waals surface area contributed by atoms with Crippen molar-refractivity contribution in [1.82, 2.24) is 25.0 Å². The van der Waals surface area contributed by atoms with Crippen molar-refractivity contribution < 1.29 is 0 Å². The second-order valence-electron chi connectivity index (χ2n) is 5.90. The van der Waals surface area contributed by atoms with Crippen molar-refractivity contribution in [1.29, 1.82) is 0 Å². The van der Waals surface area contributed by atoms with Gasteiger partial charge in [-0.1, -0.05) is 44.5 Å². The maximum atomic E-state index is 6.27. The van der Waals surface area contributed by atoms with E-state index in [2.05, 4.69) is 43.0 Å². The van der Waals surface area contributed by atoms with Crippen LogP contribution in [-0.4, -0.2) is 25.0 Å². The van der Waals surface area contributed by atoms with Gasteiger partial charge in [-0.05, 0) is 13.3 Å². The standard InChI is InChI=1S/C14H20ClN5/c1-6-7-20-10(8-16-19-20)11-9(2)12(15)18-13(17-11)14(3,4)5/h8H,6-7H2,1-5H3. The van der Waals surface area contributed by atoms with Crippen molar-refractivity contribution in [3.63, 3.8) is 0 Å². The number of hydrogen-bond donors (Lipinski definition) is 0. The van der Waals surface area contributed by atoms with Gasteiger partial charge in [0.1, 0.15) is 16.7 Å². The molecule has 0 N–H and O–H groups in total. The third-order valence-corrected chi connectivity index (χ3v) is 3.42. The quantitative estimate of drug-likeness (QED) is 0.814. The Labute approximate surface area is 124 Å². The summed E-state index contributed by atoms with van der Waals surface area (Å²) in [4.78, 5) is 9.09. The lowest BCUT2D eigenvalue weighted by Gasteiger charge is -2.19. The van der Waals surface area contributed by atoms with E-state index in [1.165, 1.54) is 0 Å². The van der Waals surface area contributed by atoms with E-state index >= 15 is 0 Å². The topological polar surface area (TPSA) is 56.5 Å². The van der Waals surface area contributed by atoms with Gasteiger partial charge in [-0.3, -0.25) is 0 Å². The van der Waals surface area contributed by atoms with Crippen LogP contribution in [0.15, 0.2) is 6.20 Å². The highest BCUT2D eigenvalue weighted by Gasteiger charge is 2.22. The number of hydrogen-bond acceptors (Lipinski definition) is 4. The lowest BCUT2D eigenvalue weighted by Crippen LogP contribution is -2.17. The minimum absolute atomic E-state index is 0.158. The molecule has 0 radical (unpaired) electrons. The molecule has 0 saturated heterocycles. The average Bonchev–Trinajstić information content (AvgIpc) is 2.80. The van der Waals surface area contributed by atoms with Crippen LogP contribution in [0.3, 0.4) is 0 Å². The molecule has 0 atom stereocenters. The second-order valence-corrected chi connectivity index (χ2v) is 6.26. The molecule has 20 heavy (non-hydrogen) atoms. The van der Waals surface area contributed by atoms with Gasteiger partial charge in [0.15, 0.2) is 0 Å². The Balaban J connectivity index is 2.61. The first-order valence-electron chi connectivity index (χ1n) is 6.78. The van der Waals surface area contributed by atoms with E-state index in [0.29, 0.717) is 5.15 Å². The molecule has 0 unspecified atom stereocenters. The third kappa shape index (κ3) is 2.82. The van der Waals surface area contributed by atoms with Crippen LogP contribution in [0.2, 0.25) is 5.15 Å². The summed E-state index contributed by atoms with van der Waals surface area (Å²) in [6, 6.07) is 0. The zero-order valence-electron chi connectivity index (χ0n) is 12.6. The van der Waals surface area contributed by atoms with E-state index in [4.69, 9.17) is 16.6 Å². The number of aryl methyl sites for hydroxylation is 1. The van der Waals surface area contributed by atoms with Gasteiger partial charge in [0.2, 0.25) is 0 Å². The molecule has 2 rings (SSSR count). The number of halogens is 1. The molecule has 0 spiro atoms. The second kappa shape index (κ2) is 5.48. The van der Waals surface area contributed by atoms with Crippen LogP contribution >= 0.6 is 11.6 Å². The van der Waals surface area contributed by atoms with Crippen molar-refractivity contribution >= 4 is 11.6 Å². The van der Waals surface area contributed by atoms with E-state index in [-0.39, 0.29) is 5.41 Å². The third-order valence-electron chi connectivity index (χ3n) is 3.05. The number of rotatable bonds is 3. The molecular weight excluding hydrogens is 274 g/mol. The van der Waals surface area contributed by atoms with E-state index in [9.17, 15) is 0 Å². The van der Waals surface area contributed by atoms with Crippen LogP contribution in [0.1, 0.15) is 45.5 Å². The fourth-order valence-electron chi connectivity index (χ4n) is 1.89. The SMILES string of the molecule is CCCn1nncc1-c1nc(C(C)(C)C)nc(Cl)c1C. The lowest BCUT2D eigenvalue weighted by molar-refractivity contribution is 0.543. The Morgan fingerprint density at radius 2 is 1.95 bits per heavy atom. The van der Waals surface area contributed by atoms with Crippen LogP contribution in [0.5, 0.6) is 0 Å². The summed E-state index contributed by atoms with van der Waals surface area (Å²) in [6.45, 7) is 11.0. The Morgan fingerprint density at radius 3 is 2.55 bits per heavy atom. The molecule has 108 valence electrons. The summed E-state index contributed by atoms with van der Waals surface area (Å²) < 4.78 is 1.86. The van der Waals surface area contributed by atoms with Crippen LogP contribution in [0, 0.1) is 6.92 Å². The van der Waals surface area contributed by atoms with Crippen molar-refractivity contribution in [2.24, 2.45) is 0 Å². The lowest BCUT2D eigenvalue weighted by atomic mass is 9.95. The first-order chi connectivity index (χ1) is 9.34. The van der Waals surface area contributed by atoms with Gasteiger partial charge in [-0.15, -0.1) is 5.10 Å². The van der Waals surface area contributed by atoms with E-state index < -0.39 is 0 Å². The van der Waals surface area contributed by atoms with Crippen molar-refractivity contribution in [3.8, 4) is 11.4 Å². The van der Waals surface area contributed by atoms with Gasteiger partial charge in [0.05, 0.1) is 11.9 Å². The Hall–Kier alpha value is -1.49. The minimum Gasteiger partial charge on any atom is -0.243 e. The van der Waals surface area contributed by atoms with E-state index in [1.807, 2.05) is 11.6 Å². The van der Waals surface area contributed by atoms with Gasteiger partial charge in [-0.2, -0.15) is 0 Å². The predicted octanol–water partition coefficient (Wildman–Crippen LogP) is 3.40. The maximum absolute atomic E-state index is 6.27. The van der Waals surface area contributed by atoms with Gasteiger partial charge in [0, 0.05) is 17.5 Å². The Bertz CT molecular complexity index is 613. The smallest absolute Gasteiger partial charge is 0.136 e. The molecule has 2 aromatic heterocycles. The molecule has 2 heterocycles. The summed E-state index contributed by atoms with van der Waals surface area (Å²) in [6.07, 6.45) is 2.72. The summed E-state index contributed by atoms with van der Waals surface area (Å²) in [5.41, 5.74) is 2.40. The number of nitrogens with zero attached hydrogens (tertiary/aromatic N) is 5. The molecule has 0 bridgehead atoms. The van der Waals surface area contributed by atoms with Gasteiger partial charge in [-0.25, -0.2) is 14.6 Å². The molecule has 0 fully saturated rings. The highest BCUT2D eigenvalue weighted by Crippen LogP contribution is 2.29. The Morgan fingerprint density at radius 1 is 1.25 bits per heavy atom. The molecule has 0 aliphatic heterocycles. The van der Waals surface area contributed by atoms with Crippen molar-refractivity contribution in [3.05, 3.63) is 22.7 Å². The van der Waals surface area contributed by atoms with Crippen LogP contribution in [-0.2, 0) is 12.0 Å². The molecule has 0 saturated carbocycles. The number of aromatic nitrogens is 5. The van der Waals surface area contributed by atoms with Crippen molar-refractivity contribution in [2.45, 2.75) is 53.0 Å². The average molecular weight is 294 g/mol.